The van der Waals surface area contributed by atoms with E-state index in [9.17, 15) is 4.79 Å². The summed E-state index contributed by atoms with van der Waals surface area (Å²) >= 11 is 1.60. The lowest BCUT2D eigenvalue weighted by Crippen LogP contribution is -2.26. The van der Waals surface area contributed by atoms with E-state index in [2.05, 4.69) is 31.3 Å². The largest absolute Gasteiger partial charge is 0.349 e. The molecule has 0 radical (unpaired) electrons. The number of rotatable bonds is 7. The Morgan fingerprint density at radius 1 is 1.42 bits per heavy atom. The van der Waals surface area contributed by atoms with Gasteiger partial charge in [-0.2, -0.15) is 5.10 Å². The van der Waals surface area contributed by atoms with E-state index in [0.717, 1.165) is 30.1 Å². The number of amides is 1. The van der Waals surface area contributed by atoms with Crippen LogP contribution in [0.2, 0.25) is 0 Å². The Balaban J connectivity index is 1.35. The lowest BCUT2D eigenvalue weighted by molar-refractivity contribution is 0.0956. The van der Waals surface area contributed by atoms with Gasteiger partial charge < -0.3 is 10.3 Å². The standard InChI is InChI=1S/C18H22N6OS/c25-18(20-7-10-24-9-2-6-22-24)17-5-4-16(26-17)15-3-1-8-23(15)12-14-11-19-13-21-14/h2,4-6,9,11,13,15H,1,3,7-8,10,12H2,(H,19,21)(H,20,25)/t15-/m1/s1. The summed E-state index contributed by atoms with van der Waals surface area (Å²) in [7, 11) is 0. The van der Waals surface area contributed by atoms with Crippen LogP contribution in [-0.4, -0.2) is 43.6 Å². The summed E-state index contributed by atoms with van der Waals surface area (Å²) in [5.41, 5.74) is 1.13. The van der Waals surface area contributed by atoms with E-state index in [1.54, 1.807) is 23.9 Å². The van der Waals surface area contributed by atoms with E-state index < -0.39 is 0 Å². The molecule has 26 heavy (non-hydrogen) atoms. The monoisotopic (exact) mass is 370 g/mol. The summed E-state index contributed by atoms with van der Waals surface area (Å²) in [5, 5.41) is 7.11. The maximum atomic E-state index is 12.4. The molecule has 3 aromatic heterocycles. The van der Waals surface area contributed by atoms with E-state index in [1.165, 1.54) is 11.3 Å². The van der Waals surface area contributed by atoms with Crippen LogP contribution in [0.1, 0.15) is 39.1 Å². The Morgan fingerprint density at radius 2 is 2.38 bits per heavy atom. The Hall–Kier alpha value is -2.45. The number of nitrogens with one attached hydrogen (secondary N) is 2. The van der Waals surface area contributed by atoms with Gasteiger partial charge in [-0.15, -0.1) is 11.3 Å². The molecule has 8 heteroatoms. The minimum atomic E-state index is -0.00785. The SMILES string of the molecule is O=C(NCCn1cccn1)c1ccc([C@H]2CCCN2Cc2cnc[nH]2)s1. The number of hydrogen-bond acceptors (Lipinski definition) is 5. The van der Waals surface area contributed by atoms with Crippen LogP contribution in [0.15, 0.2) is 43.1 Å². The molecule has 7 nitrogen and oxygen atoms in total. The van der Waals surface area contributed by atoms with Gasteiger partial charge in [0.1, 0.15) is 0 Å². The highest BCUT2D eigenvalue weighted by Crippen LogP contribution is 2.36. The first kappa shape index (κ1) is 17.0. The summed E-state index contributed by atoms with van der Waals surface area (Å²) in [6.45, 7) is 3.20. The maximum Gasteiger partial charge on any atom is 0.261 e. The van der Waals surface area contributed by atoms with Crippen molar-refractivity contribution in [3.8, 4) is 0 Å². The highest BCUT2D eigenvalue weighted by atomic mass is 32.1. The summed E-state index contributed by atoms with van der Waals surface area (Å²) in [6.07, 6.45) is 9.55. The average Bonchev–Trinajstić information content (AvgIpc) is 3.43. The van der Waals surface area contributed by atoms with Crippen molar-refractivity contribution in [2.75, 3.05) is 13.1 Å². The van der Waals surface area contributed by atoms with Crippen molar-refractivity contribution in [2.45, 2.75) is 32.0 Å². The predicted molar refractivity (Wildman–Crippen MR) is 99.9 cm³/mol. The first-order valence-electron chi connectivity index (χ1n) is 8.86. The highest BCUT2D eigenvalue weighted by Gasteiger charge is 2.28. The highest BCUT2D eigenvalue weighted by molar-refractivity contribution is 7.14. The van der Waals surface area contributed by atoms with Crippen LogP contribution < -0.4 is 5.32 Å². The van der Waals surface area contributed by atoms with Gasteiger partial charge in [0, 0.05) is 48.3 Å². The molecular weight excluding hydrogens is 348 g/mol. The summed E-state index contributed by atoms with van der Waals surface area (Å²) < 4.78 is 1.81. The van der Waals surface area contributed by atoms with Crippen molar-refractivity contribution in [3.63, 3.8) is 0 Å². The second-order valence-electron chi connectivity index (χ2n) is 6.43. The number of aromatic nitrogens is 4. The lowest BCUT2D eigenvalue weighted by atomic mass is 10.2. The van der Waals surface area contributed by atoms with Crippen molar-refractivity contribution in [1.29, 1.82) is 0 Å². The lowest BCUT2D eigenvalue weighted by Gasteiger charge is -2.22. The summed E-state index contributed by atoms with van der Waals surface area (Å²) in [4.78, 5) is 24.1. The van der Waals surface area contributed by atoms with Crippen LogP contribution in [0.4, 0.5) is 0 Å². The Bertz CT molecular complexity index is 826. The molecule has 2 N–H and O–H groups in total. The zero-order valence-corrected chi connectivity index (χ0v) is 15.3. The molecule has 0 spiro atoms. The third-order valence-corrected chi connectivity index (χ3v) is 5.84. The number of H-pyrrole nitrogens is 1. The van der Waals surface area contributed by atoms with Crippen molar-refractivity contribution >= 4 is 17.2 Å². The Morgan fingerprint density at radius 3 is 3.19 bits per heavy atom. The molecule has 1 saturated heterocycles. The minimum Gasteiger partial charge on any atom is -0.349 e. The molecule has 0 saturated carbocycles. The van der Waals surface area contributed by atoms with Gasteiger partial charge in [0.05, 0.1) is 17.7 Å². The van der Waals surface area contributed by atoms with Gasteiger partial charge in [-0.3, -0.25) is 14.4 Å². The molecule has 4 rings (SSSR count). The zero-order valence-electron chi connectivity index (χ0n) is 14.5. The summed E-state index contributed by atoms with van der Waals surface area (Å²) in [6, 6.07) is 6.30. The molecule has 4 heterocycles. The number of carbonyl (C=O) groups excluding carboxylic acids is 1. The number of thiophene rings is 1. The molecule has 1 aliphatic rings. The van der Waals surface area contributed by atoms with Crippen molar-refractivity contribution in [1.82, 2.24) is 30.0 Å². The van der Waals surface area contributed by atoms with Gasteiger partial charge in [-0.25, -0.2) is 4.98 Å². The van der Waals surface area contributed by atoms with Crippen molar-refractivity contribution < 1.29 is 4.79 Å². The molecule has 0 bridgehead atoms. The fourth-order valence-electron chi connectivity index (χ4n) is 3.39. The molecule has 3 aromatic rings. The number of nitrogens with zero attached hydrogens (tertiary/aromatic N) is 4. The molecule has 0 aliphatic carbocycles. The average molecular weight is 370 g/mol. The van der Waals surface area contributed by atoms with Crippen molar-refractivity contribution in [3.05, 3.63) is 58.6 Å². The molecule has 136 valence electrons. The zero-order chi connectivity index (χ0) is 17.8. The number of likely N-dealkylation sites (tertiary alicyclic amines) is 1. The second kappa shape index (κ2) is 7.84. The second-order valence-corrected chi connectivity index (χ2v) is 7.55. The molecule has 1 fully saturated rings. The molecule has 1 atom stereocenters. The van der Waals surface area contributed by atoms with E-state index in [0.29, 0.717) is 19.1 Å². The Kier molecular flexibility index (Phi) is 5.12. The number of imidazole rings is 1. The predicted octanol–water partition coefficient (Wildman–Crippen LogP) is 2.43. The Labute approximate surface area is 156 Å². The van der Waals surface area contributed by atoms with Crippen LogP contribution >= 0.6 is 11.3 Å². The first-order valence-corrected chi connectivity index (χ1v) is 9.68. The van der Waals surface area contributed by atoms with E-state index >= 15 is 0 Å². The quantitative estimate of drug-likeness (QED) is 0.669. The first-order chi connectivity index (χ1) is 12.8. The van der Waals surface area contributed by atoms with E-state index in [1.807, 2.05) is 29.2 Å². The fourth-order valence-corrected chi connectivity index (χ4v) is 4.48. The van der Waals surface area contributed by atoms with Crippen LogP contribution in [0, 0.1) is 0 Å². The minimum absolute atomic E-state index is 0.00785. The molecule has 0 unspecified atom stereocenters. The van der Waals surface area contributed by atoms with Crippen molar-refractivity contribution in [2.24, 2.45) is 0 Å². The van der Waals surface area contributed by atoms with Crippen LogP contribution in [-0.2, 0) is 13.1 Å². The molecular formula is C18H22N6OS. The third kappa shape index (κ3) is 3.86. The van der Waals surface area contributed by atoms with Crippen LogP contribution in [0.5, 0.6) is 0 Å². The fraction of sp³-hybridized carbons (Fsp3) is 0.389. The molecule has 0 aromatic carbocycles. The smallest absolute Gasteiger partial charge is 0.261 e. The topological polar surface area (TPSA) is 78.8 Å². The van der Waals surface area contributed by atoms with Gasteiger partial charge in [0.15, 0.2) is 0 Å². The molecule has 1 aliphatic heterocycles. The van der Waals surface area contributed by atoms with E-state index in [4.69, 9.17) is 0 Å². The van der Waals surface area contributed by atoms with Gasteiger partial charge in [0.2, 0.25) is 0 Å². The van der Waals surface area contributed by atoms with Crippen LogP contribution in [0.25, 0.3) is 0 Å². The third-order valence-electron chi connectivity index (χ3n) is 4.66. The summed E-state index contributed by atoms with van der Waals surface area (Å²) in [5.74, 6) is -0.00785. The maximum absolute atomic E-state index is 12.4. The van der Waals surface area contributed by atoms with E-state index in [-0.39, 0.29) is 5.91 Å². The number of aromatic amines is 1. The normalized spacial score (nSPS) is 17.6. The number of carbonyl (C=O) groups is 1. The van der Waals surface area contributed by atoms with Gasteiger partial charge >= 0.3 is 0 Å². The molecule has 1 amide bonds. The number of hydrogen-bond donors (Lipinski definition) is 2. The van der Waals surface area contributed by atoms with Gasteiger partial charge in [-0.05, 0) is 37.6 Å². The van der Waals surface area contributed by atoms with Crippen LogP contribution in [0.3, 0.4) is 0 Å². The van der Waals surface area contributed by atoms with Gasteiger partial charge in [-0.1, -0.05) is 0 Å². The van der Waals surface area contributed by atoms with Gasteiger partial charge in [0.25, 0.3) is 5.91 Å².